The van der Waals surface area contributed by atoms with E-state index in [1.165, 1.54) is 12.5 Å². The molecule has 0 spiro atoms. The fourth-order valence-corrected chi connectivity index (χ4v) is 2.48. The molecule has 0 aliphatic carbocycles. The Morgan fingerprint density at radius 3 is 3.40 bits per heavy atom. The number of likely N-dealkylation sites (tertiary alicyclic amines) is 1. The lowest BCUT2D eigenvalue weighted by atomic mass is 10.0. The van der Waals surface area contributed by atoms with Crippen LogP contribution in [0.1, 0.15) is 23.2 Å². The molecule has 2 unspecified atom stereocenters. The summed E-state index contributed by atoms with van der Waals surface area (Å²) in [4.78, 5) is 14.0. The van der Waals surface area contributed by atoms with Crippen LogP contribution in [0, 0.1) is 0 Å². The lowest BCUT2D eigenvalue weighted by molar-refractivity contribution is 0.0657. The Balaban J connectivity index is 1.79. The number of rotatable bonds is 1. The second-order valence-electron chi connectivity index (χ2n) is 4.20. The summed E-state index contributed by atoms with van der Waals surface area (Å²) in [5, 5.41) is 6.98. The minimum absolute atomic E-state index is 0.0448. The molecule has 2 bridgehead atoms. The van der Waals surface area contributed by atoms with Crippen LogP contribution in [0.3, 0.4) is 0 Å². The van der Waals surface area contributed by atoms with Crippen LogP contribution in [-0.2, 0) is 0 Å². The first-order chi connectivity index (χ1) is 7.34. The Hall–Kier alpha value is -1.36. The molecule has 1 N–H and O–H groups in total. The van der Waals surface area contributed by atoms with Gasteiger partial charge in [-0.1, -0.05) is 5.16 Å². The van der Waals surface area contributed by atoms with E-state index in [9.17, 15) is 4.79 Å². The highest BCUT2D eigenvalue weighted by Gasteiger charge is 2.36. The first-order valence-electron chi connectivity index (χ1n) is 5.28. The van der Waals surface area contributed by atoms with Gasteiger partial charge in [0.1, 0.15) is 6.26 Å². The predicted molar refractivity (Wildman–Crippen MR) is 52.4 cm³/mol. The number of hydrogen-bond donors (Lipinski definition) is 1. The minimum atomic E-state index is 0.0448. The number of nitrogens with one attached hydrogen (secondary N) is 1. The Bertz CT molecular complexity index is 363. The monoisotopic (exact) mass is 207 g/mol. The number of aromatic nitrogens is 1. The smallest absolute Gasteiger partial charge is 0.259 e. The zero-order valence-electron chi connectivity index (χ0n) is 8.35. The summed E-state index contributed by atoms with van der Waals surface area (Å²) in [6.45, 7) is 1.76. The molecule has 0 radical (unpaired) electrons. The number of carbonyl (C=O) groups excluding carboxylic acids is 1. The van der Waals surface area contributed by atoms with Crippen LogP contribution in [0.2, 0.25) is 0 Å². The second kappa shape index (κ2) is 3.34. The van der Waals surface area contributed by atoms with Crippen molar-refractivity contribution in [2.75, 3.05) is 13.1 Å². The summed E-state index contributed by atoms with van der Waals surface area (Å²) in [5.41, 5.74) is 0.556. The van der Waals surface area contributed by atoms with Crippen LogP contribution in [0.4, 0.5) is 0 Å². The fraction of sp³-hybridized carbons (Fsp3) is 0.600. The third kappa shape index (κ3) is 1.43. The van der Waals surface area contributed by atoms with Gasteiger partial charge in [-0.05, 0) is 12.8 Å². The molecule has 0 saturated carbocycles. The molecule has 2 atom stereocenters. The van der Waals surface area contributed by atoms with Crippen molar-refractivity contribution in [3.05, 3.63) is 18.0 Å². The minimum Gasteiger partial charge on any atom is -0.364 e. The second-order valence-corrected chi connectivity index (χ2v) is 4.20. The highest BCUT2D eigenvalue weighted by Crippen LogP contribution is 2.24. The van der Waals surface area contributed by atoms with E-state index >= 15 is 0 Å². The molecule has 1 aromatic rings. The predicted octanol–water partition coefficient (Wildman–Crippen LogP) is 0.251. The highest BCUT2D eigenvalue weighted by molar-refractivity contribution is 5.93. The van der Waals surface area contributed by atoms with Gasteiger partial charge < -0.3 is 14.7 Å². The molecular formula is C10H13N3O2. The van der Waals surface area contributed by atoms with Gasteiger partial charge in [0.25, 0.3) is 5.91 Å². The summed E-state index contributed by atoms with van der Waals surface area (Å²) in [6.07, 6.45) is 5.03. The van der Waals surface area contributed by atoms with Crippen LogP contribution >= 0.6 is 0 Å². The van der Waals surface area contributed by atoms with Crippen LogP contribution in [-0.4, -0.2) is 41.1 Å². The van der Waals surface area contributed by atoms with Gasteiger partial charge in [0.05, 0.1) is 11.8 Å². The third-order valence-corrected chi connectivity index (χ3v) is 3.30. The van der Waals surface area contributed by atoms with E-state index in [1.807, 2.05) is 4.90 Å². The summed E-state index contributed by atoms with van der Waals surface area (Å²) >= 11 is 0. The van der Waals surface area contributed by atoms with E-state index < -0.39 is 0 Å². The maximum atomic E-state index is 12.0. The molecule has 3 rings (SSSR count). The molecule has 0 aromatic carbocycles. The first kappa shape index (κ1) is 8.91. The topological polar surface area (TPSA) is 58.4 Å². The molecule has 2 fully saturated rings. The Morgan fingerprint density at radius 1 is 1.67 bits per heavy atom. The van der Waals surface area contributed by atoms with Gasteiger partial charge in [0.2, 0.25) is 0 Å². The van der Waals surface area contributed by atoms with Gasteiger partial charge in [-0.15, -0.1) is 0 Å². The number of piperidine rings is 1. The number of fused-ring (bicyclic) bond motifs is 2. The van der Waals surface area contributed by atoms with Crippen molar-refractivity contribution in [3.63, 3.8) is 0 Å². The van der Waals surface area contributed by atoms with E-state index in [2.05, 4.69) is 10.5 Å². The van der Waals surface area contributed by atoms with E-state index in [0.29, 0.717) is 17.6 Å². The van der Waals surface area contributed by atoms with Crippen molar-refractivity contribution in [3.8, 4) is 0 Å². The van der Waals surface area contributed by atoms with Crippen LogP contribution in [0.5, 0.6) is 0 Å². The van der Waals surface area contributed by atoms with Crippen molar-refractivity contribution < 1.29 is 9.32 Å². The van der Waals surface area contributed by atoms with Crippen LogP contribution in [0.25, 0.3) is 0 Å². The maximum Gasteiger partial charge on any atom is 0.259 e. The van der Waals surface area contributed by atoms with Crippen LogP contribution in [0.15, 0.2) is 17.0 Å². The SMILES string of the molecule is O=C(c1cnoc1)N1CCC2CC1CN2. The molecule has 5 heteroatoms. The van der Waals surface area contributed by atoms with E-state index in [-0.39, 0.29) is 5.91 Å². The molecule has 80 valence electrons. The molecule has 1 amide bonds. The van der Waals surface area contributed by atoms with E-state index in [0.717, 1.165) is 25.9 Å². The van der Waals surface area contributed by atoms with Crippen molar-refractivity contribution in [2.24, 2.45) is 0 Å². The normalized spacial score (nSPS) is 29.5. The Labute approximate surface area is 87.4 Å². The van der Waals surface area contributed by atoms with Gasteiger partial charge in [-0.25, -0.2) is 0 Å². The first-order valence-corrected chi connectivity index (χ1v) is 5.28. The molecule has 2 aliphatic rings. The molecule has 15 heavy (non-hydrogen) atoms. The summed E-state index contributed by atoms with van der Waals surface area (Å²) in [5.74, 6) is 0.0448. The quantitative estimate of drug-likeness (QED) is 0.717. The lowest BCUT2D eigenvalue weighted by Gasteiger charge is -2.31. The zero-order chi connectivity index (χ0) is 10.3. The molecule has 1 aromatic heterocycles. The van der Waals surface area contributed by atoms with Gasteiger partial charge in [0.15, 0.2) is 0 Å². The number of hydrogen-bond acceptors (Lipinski definition) is 4. The molecular weight excluding hydrogens is 194 g/mol. The molecule has 2 aliphatic heterocycles. The maximum absolute atomic E-state index is 12.0. The van der Waals surface area contributed by atoms with Gasteiger partial charge in [-0.2, -0.15) is 0 Å². The van der Waals surface area contributed by atoms with Gasteiger partial charge in [-0.3, -0.25) is 4.79 Å². The number of nitrogens with zero attached hydrogens (tertiary/aromatic N) is 2. The van der Waals surface area contributed by atoms with Gasteiger partial charge >= 0.3 is 0 Å². The average Bonchev–Trinajstić information content (AvgIpc) is 2.88. The lowest BCUT2D eigenvalue weighted by Crippen LogP contribution is -2.44. The Morgan fingerprint density at radius 2 is 2.60 bits per heavy atom. The number of carbonyl (C=O) groups is 1. The average molecular weight is 207 g/mol. The van der Waals surface area contributed by atoms with Crippen molar-refractivity contribution in [1.82, 2.24) is 15.4 Å². The molecule has 3 heterocycles. The number of amides is 1. The van der Waals surface area contributed by atoms with Crippen molar-refractivity contribution in [1.29, 1.82) is 0 Å². The summed E-state index contributed by atoms with van der Waals surface area (Å²) in [7, 11) is 0. The Kier molecular flexibility index (Phi) is 1.98. The largest absolute Gasteiger partial charge is 0.364 e. The molecule has 5 nitrogen and oxygen atoms in total. The van der Waals surface area contributed by atoms with Crippen LogP contribution < -0.4 is 5.32 Å². The zero-order valence-corrected chi connectivity index (χ0v) is 8.35. The third-order valence-electron chi connectivity index (χ3n) is 3.30. The molecule has 2 saturated heterocycles. The summed E-state index contributed by atoms with van der Waals surface area (Å²) < 4.78 is 4.69. The fourth-order valence-electron chi connectivity index (χ4n) is 2.48. The summed E-state index contributed by atoms with van der Waals surface area (Å²) in [6, 6.07) is 0.965. The van der Waals surface area contributed by atoms with E-state index in [1.54, 1.807) is 0 Å². The highest BCUT2D eigenvalue weighted by atomic mass is 16.5. The van der Waals surface area contributed by atoms with Gasteiger partial charge in [0, 0.05) is 25.2 Å². The van der Waals surface area contributed by atoms with Crippen molar-refractivity contribution in [2.45, 2.75) is 24.9 Å². The van der Waals surface area contributed by atoms with Crippen molar-refractivity contribution >= 4 is 5.91 Å². The van der Waals surface area contributed by atoms with E-state index in [4.69, 9.17) is 4.52 Å². The standard InChI is InChI=1S/C10H13N3O2/c14-10(7-4-12-15-6-7)13-2-1-8-3-9(13)5-11-8/h4,6,8-9,11H,1-3,5H2.